The molecule has 31 heavy (non-hydrogen) atoms. The van der Waals surface area contributed by atoms with Crippen LogP contribution in [0.4, 0.5) is 10.1 Å². The molecule has 1 amide bonds. The molecule has 2 saturated heterocycles. The van der Waals surface area contributed by atoms with Crippen molar-refractivity contribution in [2.45, 2.75) is 18.4 Å². The molecular formula is C21H33FN4O4S. The summed E-state index contributed by atoms with van der Waals surface area (Å²) in [5.74, 6) is -0.886. The molecule has 2 heterocycles. The van der Waals surface area contributed by atoms with Crippen molar-refractivity contribution in [3.63, 3.8) is 0 Å². The second-order valence-electron chi connectivity index (χ2n) is 8.95. The molecule has 1 N–H and O–H groups in total. The molecule has 8 nitrogen and oxygen atoms in total. The second-order valence-corrected chi connectivity index (χ2v) is 10.9. The number of β-amino-alcohol motifs (C(OH)–C–C–N with tert-alkyl or cyclic N) is 1. The fourth-order valence-electron chi connectivity index (χ4n) is 4.46. The van der Waals surface area contributed by atoms with Gasteiger partial charge in [-0.15, -0.1) is 0 Å². The maximum Gasteiger partial charge on any atom is 0.227 e. The van der Waals surface area contributed by atoms with E-state index in [2.05, 4.69) is 0 Å². The van der Waals surface area contributed by atoms with Crippen LogP contribution in [0, 0.1) is 11.7 Å². The summed E-state index contributed by atoms with van der Waals surface area (Å²) in [5.41, 5.74) is -0.423. The van der Waals surface area contributed by atoms with Gasteiger partial charge in [0.2, 0.25) is 15.9 Å². The Morgan fingerprint density at radius 2 is 1.81 bits per heavy atom. The molecule has 10 heteroatoms. The molecule has 3 rings (SSSR count). The molecule has 0 unspecified atom stereocenters. The Balaban J connectivity index is 1.68. The first-order chi connectivity index (χ1) is 14.5. The summed E-state index contributed by atoms with van der Waals surface area (Å²) in [6.07, 6.45) is 2.10. The lowest BCUT2D eigenvalue weighted by atomic mass is 9.90. The monoisotopic (exact) mass is 456 g/mol. The Kier molecular flexibility index (Phi) is 7.25. The van der Waals surface area contributed by atoms with Gasteiger partial charge in [0.1, 0.15) is 5.82 Å². The topological polar surface area (TPSA) is 84.4 Å². The molecule has 2 fully saturated rings. The molecule has 0 saturated carbocycles. The number of sulfonamides is 1. The van der Waals surface area contributed by atoms with Gasteiger partial charge in [-0.3, -0.25) is 9.69 Å². The van der Waals surface area contributed by atoms with Crippen molar-refractivity contribution in [2.75, 3.05) is 71.1 Å². The number of hydrogen-bond donors (Lipinski definition) is 1. The lowest BCUT2D eigenvalue weighted by Crippen LogP contribution is -2.52. The third kappa shape index (κ3) is 5.94. The van der Waals surface area contributed by atoms with Crippen LogP contribution in [0.1, 0.15) is 12.8 Å². The molecule has 1 atom stereocenters. The van der Waals surface area contributed by atoms with E-state index in [4.69, 9.17) is 0 Å². The number of amides is 1. The summed E-state index contributed by atoms with van der Waals surface area (Å²) in [4.78, 5) is 18.1. The highest BCUT2D eigenvalue weighted by Gasteiger charge is 2.38. The molecule has 0 aliphatic carbocycles. The second kappa shape index (κ2) is 9.40. The summed E-state index contributed by atoms with van der Waals surface area (Å²) >= 11 is 0. The van der Waals surface area contributed by atoms with Gasteiger partial charge in [-0.1, -0.05) is 12.1 Å². The van der Waals surface area contributed by atoms with E-state index >= 15 is 0 Å². The molecule has 2 aliphatic rings. The predicted octanol–water partition coefficient (Wildman–Crippen LogP) is 0.439. The summed E-state index contributed by atoms with van der Waals surface area (Å²) in [6, 6.07) is 6.63. The maximum atomic E-state index is 14.1. The largest absolute Gasteiger partial charge is 0.388 e. The minimum Gasteiger partial charge on any atom is -0.388 e. The molecule has 0 aromatic heterocycles. The van der Waals surface area contributed by atoms with Crippen LogP contribution in [0.15, 0.2) is 24.3 Å². The number of carbonyl (C=O) groups excluding carboxylic acids is 1. The number of halogens is 1. The van der Waals surface area contributed by atoms with E-state index in [1.54, 1.807) is 32.3 Å². The number of aliphatic hydroxyl groups is 1. The van der Waals surface area contributed by atoms with E-state index in [0.717, 1.165) is 6.26 Å². The minimum absolute atomic E-state index is 0.123. The predicted molar refractivity (Wildman–Crippen MR) is 118 cm³/mol. The lowest BCUT2D eigenvalue weighted by Gasteiger charge is -2.42. The first-order valence-corrected chi connectivity index (χ1v) is 12.4. The number of benzene rings is 1. The maximum absolute atomic E-state index is 14.1. The first kappa shape index (κ1) is 23.9. The van der Waals surface area contributed by atoms with Crippen molar-refractivity contribution >= 4 is 21.6 Å². The highest BCUT2D eigenvalue weighted by Crippen LogP contribution is 2.29. The molecule has 2 aliphatic heterocycles. The zero-order chi connectivity index (χ0) is 22.8. The number of carbonyl (C=O) groups is 1. The SMILES string of the molecule is CN(C)C(=O)[C@H]1CN(CC2(O)CCN(c3ccccc3F)CC2)CCN(S(C)(=O)=O)C1. The quantitative estimate of drug-likeness (QED) is 0.692. The molecule has 0 bridgehead atoms. The number of piperidine rings is 1. The highest BCUT2D eigenvalue weighted by molar-refractivity contribution is 7.88. The molecule has 0 spiro atoms. The molecule has 1 aromatic rings. The Morgan fingerprint density at radius 3 is 2.39 bits per heavy atom. The van der Waals surface area contributed by atoms with Crippen molar-refractivity contribution in [1.82, 2.24) is 14.1 Å². The van der Waals surface area contributed by atoms with Crippen molar-refractivity contribution in [2.24, 2.45) is 5.92 Å². The minimum atomic E-state index is -3.42. The van der Waals surface area contributed by atoms with Gasteiger partial charge in [0.15, 0.2) is 0 Å². The van der Waals surface area contributed by atoms with Gasteiger partial charge in [0.05, 0.1) is 23.5 Å². The molecule has 174 valence electrons. The number of anilines is 1. The van der Waals surface area contributed by atoms with Crippen molar-refractivity contribution in [3.8, 4) is 0 Å². The van der Waals surface area contributed by atoms with Crippen LogP contribution < -0.4 is 4.90 Å². The van der Waals surface area contributed by atoms with Crippen molar-refractivity contribution < 1.29 is 22.7 Å². The normalized spacial score (nSPS) is 23.4. The number of nitrogens with zero attached hydrogens (tertiary/aromatic N) is 4. The Morgan fingerprint density at radius 1 is 1.16 bits per heavy atom. The fraction of sp³-hybridized carbons (Fsp3) is 0.667. The van der Waals surface area contributed by atoms with E-state index in [0.29, 0.717) is 51.3 Å². The van der Waals surface area contributed by atoms with Crippen LogP contribution in [0.25, 0.3) is 0 Å². The van der Waals surface area contributed by atoms with Crippen molar-refractivity contribution in [1.29, 1.82) is 0 Å². The zero-order valence-corrected chi connectivity index (χ0v) is 19.3. The summed E-state index contributed by atoms with van der Waals surface area (Å²) in [6.45, 7) is 2.68. The van der Waals surface area contributed by atoms with Gasteiger partial charge >= 0.3 is 0 Å². The smallest absolute Gasteiger partial charge is 0.227 e. The standard InChI is InChI=1S/C21H33FN4O4S/c1-23(2)20(27)17-14-24(12-13-26(15-17)31(3,29)30)16-21(28)8-10-25(11-9-21)19-7-5-4-6-18(19)22/h4-7,17,28H,8-16H2,1-3H3/t17-/m0/s1. The van der Waals surface area contributed by atoms with E-state index in [-0.39, 0.29) is 24.8 Å². The average molecular weight is 457 g/mol. The summed E-state index contributed by atoms with van der Waals surface area (Å²) in [7, 11) is -0.102. The van der Waals surface area contributed by atoms with Gasteiger partial charge < -0.3 is 14.9 Å². The van der Waals surface area contributed by atoms with Gasteiger partial charge in [-0.05, 0) is 25.0 Å². The number of rotatable bonds is 5. The van der Waals surface area contributed by atoms with E-state index in [1.165, 1.54) is 15.3 Å². The Labute approximate surface area is 184 Å². The molecule has 1 aromatic carbocycles. The summed E-state index contributed by atoms with van der Waals surface area (Å²) in [5, 5.41) is 11.2. The van der Waals surface area contributed by atoms with Gasteiger partial charge in [-0.2, -0.15) is 0 Å². The Hall–Kier alpha value is -1.75. The van der Waals surface area contributed by atoms with E-state index < -0.39 is 21.5 Å². The van der Waals surface area contributed by atoms with Crippen LogP contribution in [0.5, 0.6) is 0 Å². The van der Waals surface area contributed by atoms with Crippen LogP contribution in [0.3, 0.4) is 0 Å². The third-order valence-corrected chi connectivity index (χ3v) is 7.50. The number of para-hydroxylation sites is 1. The average Bonchev–Trinajstić information content (AvgIpc) is 2.91. The van der Waals surface area contributed by atoms with Gasteiger partial charge in [-0.25, -0.2) is 17.1 Å². The van der Waals surface area contributed by atoms with Crippen LogP contribution >= 0.6 is 0 Å². The van der Waals surface area contributed by atoms with Crippen molar-refractivity contribution in [3.05, 3.63) is 30.1 Å². The number of hydrogen-bond acceptors (Lipinski definition) is 6. The first-order valence-electron chi connectivity index (χ1n) is 10.6. The lowest BCUT2D eigenvalue weighted by molar-refractivity contribution is -0.133. The van der Waals surface area contributed by atoms with Crippen LogP contribution in [-0.2, 0) is 14.8 Å². The third-order valence-electron chi connectivity index (χ3n) is 6.23. The van der Waals surface area contributed by atoms with Gasteiger partial charge in [0, 0.05) is 59.9 Å². The van der Waals surface area contributed by atoms with Crippen LogP contribution in [0.2, 0.25) is 0 Å². The van der Waals surface area contributed by atoms with E-state index in [1.807, 2.05) is 9.80 Å². The summed E-state index contributed by atoms with van der Waals surface area (Å²) < 4.78 is 39.7. The fourth-order valence-corrected chi connectivity index (χ4v) is 5.33. The molecule has 0 radical (unpaired) electrons. The van der Waals surface area contributed by atoms with Gasteiger partial charge in [0.25, 0.3) is 0 Å². The van der Waals surface area contributed by atoms with Crippen LogP contribution in [-0.4, -0.2) is 105 Å². The van der Waals surface area contributed by atoms with E-state index in [9.17, 15) is 22.7 Å². The molecular weight excluding hydrogens is 423 g/mol. The zero-order valence-electron chi connectivity index (χ0n) is 18.5. The Bertz CT molecular complexity index is 887. The highest BCUT2D eigenvalue weighted by atomic mass is 32.2.